The molecular weight excluding hydrogens is 224 g/mol. The molecule has 1 aromatic rings. The van der Waals surface area contributed by atoms with Gasteiger partial charge in [0.1, 0.15) is 0 Å². The van der Waals surface area contributed by atoms with Gasteiger partial charge in [-0.3, -0.25) is 9.58 Å². The van der Waals surface area contributed by atoms with E-state index in [0.717, 1.165) is 25.4 Å². The van der Waals surface area contributed by atoms with E-state index in [-0.39, 0.29) is 0 Å². The van der Waals surface area contributed by atoms with Crippen molar-refractivity contribution in [1.29, 1.82) is 0 Å². The Bertz CT molecular complexity index is 360. The zero-order valence-corrected chi connectivity index (χ0v) is 11.7. The van der Waals surface area contributed by atoms with Crippen molar-refractivity contribution in [3.8, 4) is 0 Å². The first-order chi connectivity index (χ1) is 8.74. The minimum Gasteiger partial charge on any atom is -0.329 e. The highest BCUT2D eigenvalue weighted by molar-refractivity contribution is 5.00. The Morgan fingerprint density at radius 2 is 2.33 bits per heavy atom. The van der Waals surface area contributed by atoms with E-state index in [1.165, 1.54) is 31.5 Å². The molecule has 0 saturated carbocycles. The fourth-order valence-corrected chi connectivity index (χ4v) is 3.00. The van der Waals surface area contributed by atoms with Gasteiger partial charge in [0.15, 0.2) is 0 Å². The van der Waals surface area contributed by atoms with Gasteiger partial charge < -0.3 is 5.73 Å². The third kappa shape index (κ3) is 3.12. The van der Waals surface area contributed by atoms with Crippen molar-refractivity contribution >= 4 is 0 Å². The van der Waals surface area contributed by atoms with Crippen molar-refractivity contribution in [2.24, 2.45) is 18.7 Å². The summed E-state index contributed by atoms with van der Waals surface area (Å²) in [5.41, 5.74) is 7.24. The van der Waals surface area contributed by atoms with Gasteiger partial charge in [-0.15, -0.1) is 0 Å². The van der Waals surface area contributed by atoms with E-state index < -0.39 is 0 Å². The summed E-state index contributed by atoms with van der Waals surface area (Å²) in [6, 6.07) is 2.69. The van der Waals surface area contributed by atoms with E-state index >= 15 is 0 Å². The monoisotopic (exact) mass is 250 g/mol. The predicted octanol–water partition coefficient (Wildman–Crippen LogP) is 1.41. The highest BCUT2D eigenvalue weighted by Gasteiger charge is 2.26. The van der Waals surface area contributed by atoms with Crippen LogP contribution in [0, 0.1) is 5.92 Å². The van der Waals surface area contributed by atoms with Gasteiger partial charge in [-0.05, 0) is 31.4 Å². The van der Waals surface area contributed by atoms with Gasteiger partial charge in [0.25, 0.3) is 0 Å². The molecule has 0 amide bonds. The molecule has 0 aliphatic carbocycles. The number of likely N-dealkylation sites (tertiary alicyclic amines) is 1. The maximum atomic E-state index is 5.93. The first-order valence-electron chi connectivity index (χ1n) is 7.15. The third-order valence-corrected chi connectivity index (χ3v) is 4.37. The van der Waals surface area contributed by atoms with Crippen LogP contribution < -0.4 is 5.73 Å². The van der Waals surface area contributed by atoms with Crippen LogP contribution in [0.2, 0.25) is 0 Å². The number of aryl methyl sites for hydroxylation is 1. The van der Waals surface area contributed by atoms with Crippen molar-refractivity contribution in [2.75, 3.05) is 19.6 Å². The van der Waals surface area contributed by atoms with Gasteiger partial charge in [-0.1, -0.05) is 13.3 Å². The van der Waals surface area contributed by atoms with Crippen LogP contribution in [-0.4, -0.2) is 40.4 Å². The molecule has 18 heavy (non-hydrogen) atoms. The Hall–Kier alpha value is -0.870. The first-order valence-corrected chi connectivity index (χ1v) is 7.15. The molecular formula is C14H26N4. The Morgan fingerprint density at radius 3 is 2.94 bits per heavy atom. The van der Waals surface area contributed by atoms with Crippen molar-refractivity contribution in [3.05, 3.63) is 18.0 Å². The maximum Gasteiger partial charge on any atom is 0.0492 e. The van der Waals surface area contributed by atoms with Crippen LogP contribution in [0.5, 0.6) is 0 Å². The first kappa shape index (κ1) is 13.6. The molecule has 0 radical (unpaired) electrons. The molecule has 2 N–H and O–H groups in total. The average molecular weight is 250 g/mol. The topological polar surface area (TPSA) is 47.1 Å². The van der Waals surface area contributed by atoms with Gasteiger partial charge in [0.2, 0.25) is 0 Å². The zero-order chi connectivity index (χ0) is 13.0. The summed E-state index contributed by atoms with van der Waals surface area (Å²) in [7, 11) is 2.01. The average Bonchev–Trinajstić information content (AvgIpc) is 2.81. The molecule has 1 saturated heterocycles. The van der Waals surface area contributed by atoms with Crippen LogP contribution in [0.25, 0.3) is 0 Å². The summed E-state index contributed by atoms with van der Waals surface area (Å²) < 4.78 is 1.97. The molecule has 2 atom stereocenters. The molecule has 4 nitrogen and oxygen atoms in total. The normalized spacial score (nSPS) is 25.5. The van der Waals surface area contributed by atoms with Crippen molar-refractivity contribution in [1.82, 2.24) is 14.7 Å². The summed E-state index contributed by atoms with van der Waals surface area (Å²) in [6.45, 7) is 5.40. The van der Waals surface area contributed by atoms with E-state index in [1.807, 2.05) is 17.9 Å². The summed E-state index contributed by atoms with van der Waals surface area (Å²) >= 11 is 0. The van der Waals surface area contributed by atoms with E-state index in [1.54, 1.807) is 0 Å². The van der Waals surface area contributed by atoms with Gasteiger partial charge in [0.05, 0.1) is 0 Å². The van der Waals surface area contributed by atoms with Crippen molar-refractivity contribution in [2.45, 2.75) is 38.6 Å². The summed E-state index contributed by atoms with van der Waals surface area (Å²) in [5, 5.41) is 4.22. The van der Waals surface area contributed by atoms with Crippen molar-refractivity contribution in [3.63, 3.8) is 0 Å². The SMILES string of the molecule is CCC1CCN(CCc2ccnn2C)C(CN)C1. The number of hydrogen-bond acceptors (Lipinski definition) is 3. The Kier molecular flexibility index (Phi) is 4.78. The highest BCUT2D eigenvalue weighted by Crippen LogP contribution is 2.24. The van der Waals surface area contributed by atoms with Crippen LogP contribution in [0.15, 0.2) is 12.3 Å². The Morgan fingerprint density at radius 1 is 1.50 bits per heavy atom. The molecule has 1 aromatic heterocycles. The molecule has 1 aliphatic rings. The lowest BCUT2D eigenvalue weighted by Crippen LogP contribution is -2.47. The Balaban J connectivity index is 1.87. The number of piperidine rings is 1. The van der Waals surface area contributed by atoms with E-state index in [2.05, 4.69) is 23.0 Å². The van der Waals surface area contributed by atoms with Crippen LogP contribution in [0.4, 0.5) is 0 Å². The predicted molar refractivity (Wildman–Crippen MR) is 74.3 cm³/mol. The summed E-state index contributed by atoms with van der Waals surface area (Å²) in [6.07, 6.45) is 6.85. The quantitative estimate of drug-likeness (QED) is 0.859. The third-order valence-electron chi connectivity index (χ3n) is 4.37. The zero-order valence-electron chi connectivity index (χ0n) is 11.7. The molecule has 0 aromatic carbocycles. The highest BCUT2D eigenvalue weighted by atomic mass is 15.3. The van der Waals surface area contributed by atoms with E-state index in [4.69, 9.17) is 5.73 Å². The summed E-state index contributed by atoms with van der Waals surface area (Å²) in [4.78, 5) is 2.57. The minimum atomic E-state index is 0.580. The number of nitrogens with two attached hydrogens (primary N) is 1. The minimum absolute atomic E-state index is 0.580. The summed E-state index contributed by atoms with van der Waals surface area (Å²) in [5.74, 6) is 0.881. The van der Waals surface area contributed by atoms with Crippen LogP contribution >= 0.6 is 0 Å². The number of hydrogen-bond donors (Lipinski definition) is 1. The van der Waals surface area contributed by atoms with E-state index in [0.29, 0.717) is 6.04 Å². The van der Waals surface area contributed by atoms with Gasteiger partial charge in [-0.25, -0.2) is 0 Å². The molecule has 1 fully saturated rings. The lowest BCUT2D eigenvalue weighted by molar-refractivity contribution is 0.115. The van der Waals surface area contributed by atoms with Crippen molar-refractivity contribution < 1.29 is 0 Å². The van der Waals surface area contributed by atoms with E-state index in [9.17, 15) is 0 Å². The fourth-order valence-electron chi connectivity index (χ4n) is 3.00. The van der Waals surface area contributed by atoms with Gasteiger partial charge in [-0.2, -0.15) is 5.10 Å². The lowest BCUT2D eigenvalue weighted by atomic mass is 9.89. The fraction of sp³-hybridized carbons (Fsp3) is 0.786. The molecule has 2 unspecified atom stereocenters. The van der Waals surface area contributed by atoms with Crippen LogP contribution in [0.1, 0.15) is 31.9 Å². The smallest absolute Gasteiger partial charge is 0.0492 e. The molecule has 102 valence electrons. The lowest BCUT2D eigenvalue weighted by Gasteiger charge is -2.38. The van der Waals surface area contributed by atoms with Crippen LogP contribution in [-0.2, 0) is 13.5 Å². The second-order valence-corrected chi connectivity index (χ2v) is 5.42. The Labute approximate surface area is 110 Å². The molecule has 0 spiro atoms. The number of aromatic nitrogens is 2. The van der Waals surface area contributed by atoms with Gasteiger partial charge >= 0.3 is 0 Å². The number of rotatable bonds is 5. The maximum absolute atomic E-state index is 5.93. The number of nitrogens with zero attached hydrogens (tertiary/aromatic N) is 3. The molecule has 0 bridgehead atoms. The molecule has 1 aliphatic heterocycles. The molecule has 2 rings (SSSR count). The largest absolute Gasteiger partial charge is 0.329 e. The second kappa shape index (κ2) is 6.34. The van der Waals surface area contributed by atoms with Gasteiger partial charge in [0, 0.05) is 44.5 Å². The van der Waals surface area contributed by atoms with Crippen LogP contribution in [0.3, 0.4) is 0 Å². The molecule has 4 heteroatoms. The standard InChI is InChI=1S/C14H26N4/c1-3-12-5-8-18(14(10-12)11-15)9-6-13-4-7-16-17(13)2/h4,7,12,14H,3,5-6,8-11,15H2,1-2H3. The molecule has 2 heterocycles. The second-order valence-electron chi connectivity index (χ2n) is 5.42.